The van der Waals surface area contributed by atoms with Gasteiger partial charge in [0.1, 0.15) is 17.6 Å². The van der Waals surface area contributed by atoms with Gasteiger partial charge in [-0.1, -0.05) is 24.6 Å². The predicted molar refractivity (Wildman–Crippen MR) is 169 cm³/mol. The monoisotopic (exact) mass is 624 g/mol. The first-order valence-corrected chi connectivity index (χ1v) is 15.8. The maximum atomic E-state index is 13.5. The third-order valence-electron chi connectivity index (χ3n) is 7.64. The van der Waals surface area contributed by atoms with Crippen LogP contribution in [0.15, 0.2) is 71.6 Å². The number of rotatable bonds is 9. The number of hydrogen-bond acceptors (Lipinski definition) is 7. The van der Waals surface area contributed by atoms with Crippen LogP contribution >= 0.6 is 0 Å². The van der Waals surface area contributed by atoms with Gasteiger partial charge >= 0.3 is 6.03 Å². The van der Waals surface area contributed by atoms with Gasteiger partial charge in [-0.25, -0.2) is 13.2 Å². The first-order chi connectivity index (χ1) is 20.9. The van der Waals surface area contributed by atoms with Gasteiger partial charge in [-0.2, -0.15) is 0 Å². The largest absolute Gasteiger partial charge is 0.497 e. The number of benzene rings is 3. The van der Waals surface area contributed by atoms with Gasteiger partial charge in [0.15, 0.2) is 0 Å². The molecule has 12 heteroatoms. The number of carbonyl (C=O) groups excluding carboxylic acids is 2. The van der Waals surface area contributed by atoms with E-state index in [-0.39, 0.29) is 48.0 Å². The molecule has 1 aliphatic heterocycles. The van der Waals surface area contributed by atoms with Crippen molar-refractivity contribution in [2.45, 2.75) is 44.2 Å². The normalized spacial score (nSPS) is 17.7. The van der Waals surface area contributed by atoms with E-state index < -0.39 is 22.2 Å². The zero-order valence-corrected chi connectivity index (χ0v) is 26.4. The van der Waals surface area contributed by atoms with Gasteiger partial charge in [0.2, 0.25) is 5.91 Å². The molecule has 0 spiro atoms. The summed E-state index contributed by atoms with van der Waals surface area (Å²) in [6.45, 7) is 5.83. The number of urea groups is 1. The van der Waals surface area contributed by atoms with Crippen molar-refractivity contribution in [3.63, 3.8) is 0 Å². The lowest BCUT2D eigenvalue weighted by Gasteiger charge is -2.34. The van der Waals surface area contributed by atoms with E-state index in [0.717, 1.165) is 5.56 Å². The number of methoxy groups -OCH3 is 1. The molecule has 0 aromatic heterocycles. The minimum atomic E-state index is -3.87. The van der Waals surface area contributed by atoms with Crippen LogP contribution in [0.5, 0.6) is 11.5 Å². The molecule has 0 aliphatic carbocycles. The molecule has 236 valence electrons. The molecular formula is C32H40N4O7S. The van der Waals surface area contributed by atoms with Crippen molar-refractivity contribution < 1.29 is 32.6 Å². The Morgan fingerprint density at radius 1 is 1.11 bits per heavy atom. The fraction of sp³-hybridized carbons (Fsp3) is 0.375. The minimum Gasteiger partial charge on any atom is -0.497 e. The van der Waals surface area contributed by atoms with Crippen molar-refractivity contribution in [3.8, 4) is 11.5 Å². The number of aliphatic hydroxyl groups excluding tert-OH is 1. The first kappa shape index (κ1) is 32.6. The molecule has 3 atom stereocenters. The average molecular weight is 625 g/mol. The third kappa shape index (κ3) is 8.00. The number of nitrogens with zero attached hydrogens (tertiary/aromatic N) is 2. The quantitative estimate of drug-likeness (QED) is 0.326. The second-order valence-corrected chi connectivity index (χ2v) is 12.9. The highest BCUT2D eigenvalue weighted by Crippen LogP contribution is 2.30. The lowest BCUT2D eigenvalue weighted by atomic mass is 10.0. The summed E-state index contributed by atoms with van der Waals surface area (Å²) in [7, 11) is -0.649. The molecule has 0 fully saturated rings. The number of aryl methyl sites for hydroxylation is 1. The second kappa shape index (κ2) is 14.0. The van der Waals surface area contributed by atoms with Crippen molar-refractivity contribution in [2.24, 2.45) is 5.92 Å². The second-order valence-electron chi connectivity index (χ2n) is 11.2. The Morgan fingerprint density at radius 3 is 2.41 bits per heavy atom. The van der Waals surface area contributed by atoms with Gasteiger partial charge in [0.05, 0.1) is 37.6 Å². The van der Waals surface area contributed by atoms with Crippen molar-refractivity contribution >= 4 is 33.3 Å². The van der Waals surface area contributed by atoms with E-state index >= 15 is 0 Å². The molecule has 3 aromatic rings. The number of amides is 3. The van der Waals surface area contributed by atoms with Crippen LogP contribution in [0.1, 0.15) is 25.0 Å². The summed E-state index contributed by atoms with van der Waals surface area (Å²) in [6.07, 6.45) is -0.595. The zero-order valence-electron chi connectivity index (χ0n) is 25.6. The van der Waals surface area contributed by atoms with E-state index in [1.807, 2.05) is 13.8 Å². The molecule has 0 saturated carbocycles. The molecule has 4 rings (SSSR count). The fourth-order valence-electron chi connectivity index (χ4n) is 4.89. The lowest BCUT2D eigenvalue weighted by molar-refractivity contribution is -0.134. The number of anilines is 2. The smallest absolute Gasteiger partial charge is 0.321 e. The number of fused-ring (bicyclic) bond motifs is 1. The number of sulfonamides is 1. The molecule has 0 saturated heterocycles. The van der Waals surface area contributed by atoms with Gasteiger partial charge in [-0.05, 0) is 68.4 Å². The Bertz CT molecular complexity index is 1560. The number of carbonyl (C=O) groups is 2. The summed E-state index contributed by atoms with van der Waals surface area (Å²) >= 11 is 0. The molecule has 1 aliphatic rings. The van der Waals surface area contributed by atoms with E-state index in [9.17, 15) is 23.1 Å². The van der Waals surface area contributed by atoms with E-state index in [0.29, 0.717) is 29.3 Å². The Morgan fingerprint density at radius 2 is 1.77 bits per heavy atom. The summed E-state index contributed by atoms with van der Waals surface area (Å²) in [5.41, 5.74) is 2.30. The Hall–Kier alpha value is -4.29. The predicted octanol–water partition coefficient (Wildman–Crippen LogP) is 4.12. The molecule has 0 radical (unpaired) electrons. The molecule has 3 amide bonds. The van der Waals surface area contributed by atoms with E-state index in [2.05, 4.69) is 10.0 Å². The zero-order chi connectivity index (χ0) is 32.0. The summed E-state index contributed by atoms with van der Waals surface area (Å²) in [5.74, 6) is 0.629. The summed E-state index contributed by atoms with van der Waals surface area (Å²) < 4.78 is 40.3. The number of nitrogens with one attached hydrogen (secondary N) is 2. The molecule has 3 N–H and O–H groups in total. The number of likely N-dealkylation sites (N-methyl/N-ethyl adjacent to an activating group) is 1. The standard InChI is InChI=1S/C32H40N4O7S/c1-21-6-13-28(14-7-21)44(40,41)34-26-10-15-29-24(16-26)17-31(38)36(23(3)20-37)18-22(2)30(43-29)19-35(4)32(39)33-25-8-11-27(42-5)12-9-25/h6-16,22-23,30,34,37H,17-20H2,1-5H3,(H,33,39)/t22-,23-,30+/m0/s1. The summed E-state index contributed by atoms with van der Waals surface area (Å²) in [6, 6.07) is 17.5. The van der Waals surface area contributed by atoms with Gasteiger partial charge in [0.25, 0.3) is 10.0 Å². The molecule has 0 unspecified atom stereocenters. The molecule has 0 bridgehead atoms. The number of aliphatic hydroxyl groups is 1. The van der Waals surface area contributed by atoms with E-state index in [4.69, 9.17) is 9.47 Å². The van der Waals surface area contributed by atoms with Crippen molar-refractivity contribution in [3.05, 3.63) is 77.9 Å². The van der Waals surface area contributed by atoms with Crippen LogP contribution in [0.4, 0.5) is 16.2 Å². The van der Waals surface area contributed by atoms with Gasteiger partial charge in [-0.3, -0.25) is 9.52 Å². The van der Waals surface area contributed by atoms with Crippen molar-refractivity contribution in [1.82, 2.24) is 9.80 Å². The minimum absolute atomic E-state index is 0.0625. The number of ether oxygens (including phenoxy) is 2. The van der Waals surface area contributed by atoms with Crippen LogP contribution in [-0.2, 0) is 21.2 Å². The molecular weight excluding hydrogens is 584 g/mol. The summed E-state index contributed by atoms with van der Waals surface area (Å²) in [4.78, 5) is 29.8. The van der Waals surface area contributed by atoms with E-state index in [1.54, 1.807) is 80.6 Å². The average Bonchev–Trinajstić information content (AvgIpc) is 3.04. The third-order valence-corrected chi connectivity index (χ3v) is 9.04. The maximum Gasteiger partial charge on any atom is 0.321 e. The maximum absolute atomic E-state index is 13.5. The van der Waals surface area contributed by atoms with Crippen LogP contribution in [0.2, 0.25) is 0 Å². The Kier molecular flexibility index (Phi) is 10.4. The molecule has 11 nitrogen and oxygen atoms in total. The van der Waals surface area contributed by atoms with Crippen LogP contribution in [0.25, 0.3) is 0 Å². The SMILES string of the molecule is COc1ccc(NC(=O)N(C)C[C@H]2Oc3ccc(NS(=O)(=O)c4ccc(C)cc4)cc3CC(=O)N([C@@H](C)CO)C[C@@H]2C)cc1. The van der Waals surface area contributed by atoms with Gasteiger partial charge < -0.3 is 29.7 Å². The van der Waals surface area contributed by atoms with Crippen LogP contribution < -0.4 is 19.5 Å². The van der Waals surface area contributed by atoms with Crippen LogP contribution in [0, 0.1) is 12.8 Å². The highest BCUT2D eigenvalue weighted by Gasteiger charge is 2.32. The number of hydrogen-bond donors (Lipinski definition) is 3. The van der Waals surface area contributed by atoms with E-state index in [1.165, 1.54) is 17.0 Å². The summed E-state index contributed by atoms with van der Waals surface area (Å²) in [5, 5.41) is 12.8. The topological polar surface area (TPSA) is 138 Å². The van der Waals surface area contributed by atoms with Gasteiger partial charge in [0, 0.05) is 36.4 Å². The molecule has 3 aromatic carbocycles. The highest BCUT2D eigenvalue weighted by molar-refractivity contribution is 7.92. The fourth-order valence-corrected chi connectivity index (χ4v) is 5.94. The Balaban J connectivity index is 1.60. The Labute approximate surface area is 258 Å². The van der Waals surface area contributed by atoms with Crippen molar-refractivity contribution in [1.29, 1.82) is 0 Å². The van der Waals surface area contributed by atoms with Crippen LogP contribution in [0.3, 0.4) is 0 Å². The van der Waals surface area contributed by atoms with Crippen molar-refractivity contribution in [2.75, 3.05) is 43.9 Å². The molecule has 44 heavy (non-hydrogen) atoms. The highest BCUT2D eigenvalue weighted by atomic mass is 32.2. The molecule has 1 heterocycles. The van der Waals surface area contributed by atoms with Crippen LogP contribution in [-0.4, -0.2) is 81.3 Å². The van der Waals surface area contributed by atoms with Gasteiger partial charge in [-0.15, -0.1) is 0 Å². The first-order valence-electron chi connectivity index (χ1n) is 14.4. The lowest BCUT2D eigenvalue weighted by Crippen LogP contribution is -2.48.